The Morgan fingerprint density at radius 1 is 1.42 bits per heavy atom. The molecule has 0 spiro atoms. The van der Waals surface area contributed by atoms with Crippen molar-refractivity contribution in [3.05, 3.63) is 32.2 Å². The third kappa shape index (κ3) is 1.86. The van der Waals surface area contributed by atoms with Crippen LogP contribution in [-0.2, 0) is 6.54 Å². The summed E-state index contributed by atoms with van der Waals surface area (Å²) >= 11 is 6.69. The highest BCUT2D eigenvalue weighted by atomic mass is 79.9. The number of halogens is 2. The van der Waals surface area contributed by atoms with Crippen molar-refractivity contribution in [1.82, 2.24) is 0 Å². The van der Waals surface area contributed by atoms with Crippen molar-refractivity contribution in [2.75, 3.05) is 0 Å². The standard InChI is InChI=1S/C8H6Br2N2/c9-7-2-5(3-11)1-6(4-12)8(7)10/h1-2H,4,12H2. The van der Waals surface area contributed by atoms with E-state index in [2.05, 4.69) is 37.9 Å². The molecule has 0 bridgehead atoms. The second-order valence-corrected chi connectivity index (χ2v) is 3.89. The molecule has 12 heavy (non-hydrogen) atoms. The highest BCUT2D eigenvalue weighted by Gasteiger charge is 2.04. The van der Waals surface area contributed by atoms with E-state index in [9.17, 15) is 0 Å². The molecule has 0 unspecified atom stereocenters. The SMILES string of the molecule is N#Cc1cc(Br)c(Br)c(CN)c1. The molecule has 0 aliphatic heterocycles. The molecule has 0 saturated carbocycles. The Kier molecular flexibility index (Phi) is 3.27. The number of benzene rings is 1. The lowest BCUT2D eigenvalue weighted by Gasteiger charge is -2.03. The molecule has 0 fully saturated rings. The first-order valence-corrected chi connectivity index (χ1v) is 4.85. The Bertz CT molecular complexity index is 342. The van der Waals surface area contributed by atoms with Gasteiger partial charge in [-0.15, -0.1) is 0 Å². The Hall–Kier alpha value is -0.370. The van der Waals surface area contributed by atoms with Crippen LogP contribution < -0.4 is 5.73 Å². The first-order valence-electron chi connectivity index (χ1n) is 3.27. The fourth-order valence-electron chi connectivity index (χ4n) is 0.859. The average molecular weight is 290 g/mol. The summed E-state index contributed by atoms with van der Waals surface area (Å²) in [6.45, 7) is 0.425. The van der Waals surface area contributed by atoms with E-state index in [0.29, 0.717) is 12.1 Å². The molecule has 0 aliphatic rings. The van der Waals surface area contributed by atoms with E-state index in [0.717, 1.165) is 14.5 Å². The maximum absolute atomic E-state index is 8.65. The Labute approximate surface area is 87.6 Å². The second-order valence-electron chi connectivity index (χ2n) is 2.25. The molecule has 0 atom stereocenters. The average Bonchev–Trinajstić information content (AvgIpc) is 2.09. The normalized spacial score (nSPS) is 9.50. The second kappa shape index (κ2) is 4.04. The third-order valence-electron chi connectivity index (χ3n) is 1.45. The molecular weight excluding hydrogens is 284 g/mol. The van der Waals surface area contributed by atoms with Crippen LogP contribution >= 0.6 is 31.9 Å². The van der Waals surface area contributed by atoms with Crippen LogP contribution in [0.2, 0.25) is 0 Å². The van der Waals surface area contributed by atoms with E-state index in [1.807, 2.05) is 0 Å². The monoisotopic (exact) mass is 288 g/mol. The lowest BCUT2D eigenvalue weighted by molar-refractivity contribution is 1.06. The molecule has 0 radical (unpaired) electrons. The van der Waals surface area contributed by atoms with Crippen molar-refractivity contribution in [2.45, 2.75) is 6.54 Å². The number of nitriles is 1. The Morgan fingerprint density at radius 2 is 2.08 bits per heavy atom. The highest BCUT2D eigenvalue weighted by Crippen LogP contribution is 2.27. The van der Waals surface area contributed by atoms with Gasteiger partial charge in [0.1, 0.15) is 0 Å². The smallest absolute Gasteiger partial charge is 0.0992 e. The number of rotatable bonds is 1. The summed E-state index contributed by atoms with van der Waals surface area (Å²) < 4.78 is 1.78. The van der Waals surface area contributed by atoms with Gasteiger partial charge < -0.3 is 5.73 Å². The fourth-order valence-corrected chi connectivity index (χ4v) is 1.75. The fraction of sp³-hybridized carbons (Fsp3) is 0.125. The van der Waals surface area contributed by atoms with Gasteiger partial charge in [0.15, 0.2) is 0 Å². The zero-order chi connectivity index (χ0) is 9.14. The van der Waals surface area contributed by atoms with Crippen LogP contribution in [0.15, 0.2) is 21.1 Å². The maximum atomic E-state index is 8.65. The molecular formula is C8H6Br2N2. The van der Waals surface area contributed by atoms with E-state index >= 15 is 0 Å². The third-order valence-corrected chi connectivity index (χ3v) is 3.55. The van der Waals surface area contributed by atoms with Crippen LogP contribution in [0.1, 0.15) is 11.1 Å². The molecule has 0 aromatic heterocycles. The van der Waals surface area contributed by atoms with Crippen LogP contribution in [0.5, 0.6) is 0 Å². The van der Waals surface area contributed by atoms with Crippen LogP contribution in [0, 0.1) is 11.3 Å². The van der Waals surface area contributed by atoms with E-state index in [4.69, 9.17) is 11.0 Å². The van der Waals surface area contributed by atoms with E-state index in [1.54, 1.807) is 12.1 Å². The van der Waals surface area contributed by atoms with Gasteiger partial charge in [-0.25, -0.2) is 0 Å². The van der Waals surface area contributed by atoms with Crippen molar-refractivity contribution in [3.63, 3.8) is 0 Å². The molecule has 1 aromatic rings. The predicted octanol–water partition coefficient (Wildman–Crippen LogP) is 2.54. The topological polar surface area (TPSA) is 49.8 Å². The van der Waals surface area contributed by atoms with Crippen molar-refractivity contribution >= 4 is 31.9 Å². The Morgan fingerprint density at radius 3 is 2.58 bits per heavy atom. The lowest BCUT2D eigenvalue weighted by Crippen LogP contribution is -1.98. The van der Waals surface area contributed by atoms with Crippen LogP contribution in [0.4, 0.5) is 0 Å². The lowest BCUT2D eigenvalue weighted by atomic mass is 10.1. The first kappa shape index (κ1) is 9.72. The minimum Gasteiger partial charge on any atom is -0.326 e. The molecule has 4 heteroatoms. The molecule has 2 N–H and O–H groups in total. The number of nitrogens with two attached hydrogens (primary N) is 1. The molecule has 62 valence electrons. The van der Waals surface area contributed by atoms with Crippen LogP contribution in [0.25, 0.3) is 0 Å². The van der Waals surface area contributed by atoms with E-state index in [-0.39, 0.29) is 0 Å². The van der Waals surface area contributed by atoms with Crippen molar-refractivity contribution < 1.29 is 0 Å². The van der Waals surface area contributed by atoms with Gasteiger partial charge in [-0.1, -0.05) is 0 Å². The molecule has 0 amide bonds. The van der Waals surface area contributed by atoms with E-state index in [1.165, 1.54) is 0 Å². The zero-order valence-corrected chi connectivity index (χ0v) is 9.31. The van der Waals surface area contributed by atoms with Crippen LogP contribution in [0.3, 0.4) is 0 Å². The summed E-state index contributed by atoms with van der Waals surface area (Å²) in [6.07, 6.45) is 0. The molecule has 2 nitrogen and oxygen atoms in total. The van der Waals surface area contributed by atoms with Gasteiger partial charge in [-0.2, -0.15) is 5.26 Å². The minimum atomic E-state index is 0.425. The van der Waals surface area contributed by atoms with Crippen molar-refractivity contribution in [3.8, 4) is 6.07 Å². The summed E-state index contributed by atoms with van der Waals surface area (Å²) in [5, 5.41) is 8.65. The van der Waals surface area contributed by atoms with Crippen molar-refractivity contribution in [1.29, 1.82) is 5.26 Å². The van der Waals surface area contributed by atoms with Gasteiger partial charge in [-0.05, 0) is 49.6 Å². The Balaban J connectivity index is 3.31. The first-order chi connectivity index (χ1) is 5.69. The maximum Gasteiger partial charge on any atom is 0.0992 e. The number of hydrogen-bond donors (Lipinski definition) is 1. The summed E-state index contributed by atoms with van der Waals surface area (Å²) in [4.78, 5) is 0. The number of nitrogens with zero attached hydrogens (tertiary/aromatic N) is 1. The zero-order valence-electron chi connectivity index (χ0n) is 6.14. The predicted molar refractivity (Wildman–Crippen MR) is 54.4 cm³/mol. The molecule has 1 aromatic carbocycles. The van der Waals surface area contributed by atoms with Gasteiger partial charge in [0, 0.05) is 15.5 Å². The van der Waals surface area contributed by atoms with Gasteiger partial charge in [0.25, 0.3) is 0 Å². The molecule has 1 rings (SSSR count). The molecule has 0 saturated heterocycles. The molecule has 0 heterocycles. The highest BCUT2D eigenvalue weighted by molar-refractivity contribution is 9.13. The molecule has 0 aliphatic carbocycles. The number of hydrogen-bond acceptors (Lipinski definition) is 2. The van der Waals surface area contributed by atoms with Gasteiger partial charge in [0.05, 0.1) is 11.6 Å². The summed E-state index contributed by atoms with van der Waals surface area (Å²) in [6, 6.07) is 5.59. The van der Waals surface area contributed by atoms with E-state index < -0.39 is 0 Å². The minimum absolute atomic E-state index is 0.425. The summed E-state index contributed by atoms with van der Waals surface area (Å²) in [5.74, 6) is 0. The van der Waals surface area contributed by atoms with Crippen LogP contribution in [-0.4, -0.2) is 0 Å². The van der Waals surface area contributed by atoms with Gasteiger partial charge in [0.2, 0.25) is 0 Å². The summed E-state index contributed by atoms with van der Waals surface area (Å²) in [7, 11) is 0. The van der Waals surface area contributed by atoms with Gasteiger partial charge >= 0.3 is 0 Å². The summed E-state index contributed by atoms with van der Waals surface area (Å²) in [5.41, 5.74) is 7.03. The van der Waals surface area contributed by atoms with Gasteiger partial charge in [-0.3, -0.25) is 0 Å². The van der Waals surface area contributed by atoms with Crippen molar-refractivity contribution in [2.24, 2.45) is 5.73 Å². The largest absolute Gasteiger partial charge is 0.326 e. The quantitative estimate of drug-likeness (QED) is 0.864.